The van der Waals surface area contributed by atoms with E-state index in [-0.39, 0.29) is 0 Å². The number of pyridine rings is 2. The Kier molecular flexibility index (Phi) is 3.01. The van der Waals surface area contributed by atoms with E-state index in [2.05, 4.69) is 68.6 Å². The molecule has 22 heavy (non-hydrogen) atoms. The molecule has 4 aromatic rings. The van der Waals surface area contributed by atoms with Crippen LogP contribution in [0.4, 0.5) is 0 Å². The zero-order valence-corrected chi connectivity index (χ0v) is 13.9. The molecule has 108 valence electrons. The van der Waals surface area contributed by atoms with Gasteiger partial charge in [0.2, 0.25) is 0 Å². The molecule has 0 amide bonds. The van der Waals surface area contributed by atoms with Gasteiger partial charge in [-0.05, 0) is 49.2 Å². The van der Waals surface area contributed by atoms with Crippen LogP contribution in [0.3, 0.4) is 0 Å². The topological polar surface area (TPSA) is 30.7 Å². The first-order chi connectivity index (χ1) is 10.7. The van der Waals surface area contributed by atoms with Crippen LogP contribution in [0, 0.1) is 13.8 Å². The summed E-state index contributed by atoms with van der Waals surface area (Å²) in [6.07, 6.45) is 7.50. The summed E-state index contributed by atoms with van der Waals surface area (Å²) in [5.74, 6) is 0. The average Bonchev–Trinajstić information content (AvgIpc) is 2.87. The van der Waals surface area contributed by atoms with E-state index in [4.69, 9.17) is 0 Å². The Hall–Kier alpha value is -2.20. The van der Waals surface area contributed by atoms with Crippen molar-refractivity contribution in [1.82, 2.24) is 14.5 Å². The maximum absolute atomic E-state index is 4.27. The third kappa shape index (κ3) is 1.87. The molecule has 4 rings (SSSR count). The van der Waals surface area contributed by atoms with Crippen LogP contribution in [-0.4, -0.2) is 14.5 Å². The van der Waals surface area contributed by atoms with Gasteiger partial charge in [-0.3, -0.25) is 9.97 Å². The summed E-state index contributed by atoms with van der Waals surface area (Å²) >= 11 is 3.65. The second kappa shape index (κ2) is 4.92. The molecule has 0 bridgehead atoms. The van der Waals surface area contributed by atoms with Gasteiger partial charge in [0.1, 0.15) is 0 Å². The molecular formula is C18H14BrN3. The second-order valence-corrected chi connectivity index (χ2v) is 6.31. The Balaban J connectivity index is 2.17. The second-order valence-electron chi connectivity index (χ2n) is 5.51. The van der Waals surface area contributed by atoms with Gasteiger partial charge >= 0.3 is 0 Å². The molecule has 0 radical (unpaired) electrons. The van der Waals surface area contributed by atoms with Crippen molar-refractivity contribution in [3.63, 3.8) is 0 Å². The van der Waals surface area contributed by atoms with E-state index in [1.54, 1.807) is 0 Å². The predicted molar refractivity (Wildman–Crippen MR) is 93.5 cm³/mol. The van der Waals surface area contributed by atoms with Crippen LogP contribution in [0.25, 0.3) is 27.5 Å². The van der Waals surface area contributed by atoms with Gasteiger partial charge in [0.05, 0.1) is 11.0 Å². The van der Waals surface area contributed by atoms with Crippen LogP contribution in [0.2, 0.25) is 0 Å². The molecule has 0 unspecified atom stereocenters. The zero-order chi connectivity index (χ0) is 15.3. The Morgan fingerprint density at radius 1 is 0.864 bits per heavy atom. The van der Waals surface area contributed by atoms with Gasteiger partial charge < -0.3 is 4.57 Å². The molecule has 0 N–H and O–H groups in total. The molecule has 3 nitrogen and oxygen atoms in total. The molecule has 0 aliphatic heterocycles. The number of aromatic nitrogens is 3. The third-order valence-corrected chi connectivity index (χ3v) is 5.30. The highest BCUT2D eigenvalue weighted by molar-refractivity contribution is 9.10. The Bertz CT molecular complexity index is 941. The summed E-state index contributed by atoms with van der Waals surface area (Å²) in [4.78, 5) is 8.54. The van der Waals surface area contributed by atoms with Crippen molar-refractivity contribution in [2.75, 3.05) is 0 Å². The molecular weight excluding hydrogens is 338 g/mol. The third-order valence-electron chi connectivity index (χ3n) is 4.05. The molecule has 0 atom stereocenters. The van der Waals surface area contributed by atoms with Crippen molar-refractivity contribution in [2.45, 2.75) is 13.8 Å². The summed E-state index contributed by atoms with van der Waals surface area (Å²) in [5.41, 5.74) is 5.93. The van der Waals surface area contributed by atoms with Crippen LogP contribution >= 0.6 is 15.9 Å². The molecule has 0 aliphatic rings. The van der Waals surface area contributed by atoms with Gasteiger partial charge in [0.25, 0.3) is 0 Å². The number of hydrogen-bond donors (Lipinski definition) is 0. The van der Waals surface area contributed by atoms with Gasteiger partial charge in [0.15, 0.2) is 0 Å². The Morgan fingerprint density at radius 2 is 1.36 bits per heavy atom. The first kappa shape index (κ1) is 13.5. The van der Waals surface area contributed by atoms with Crippen LogP contribution in [0.5, 0.6) is 0 Å². The largest absolute Gasteiger partial charge is 0.309 e. The minimum atomic E-state index is 1.13. The first-order valence-electron chi connectivity index (χ1n) is 7.12. The first-order valence-corrected chi connectivity index (χ1v) is 7.91. The molecule has 1 aromatic carbocycles. The van der Waals surface area contributed by atoms with Gasteiger partial charge in [0, 0.05) is 45.7 Å². The fraction of sp³-hybridized carbons (Fsp3) is 0.111. The number of nitrogens with zero attached hydrogens (tertiary/aromatic N) is 3. The van der Waals surface area contributed by atoms with Crippen LogP contribution in [-0.2, 0) is 0 Å². The van der Waals surface area contributed by atoms with Crippen LogP contribution < -0.4 is 0 Å². The molecule has 4 heteroatoms. The summed E-state index contributed by atoms with van der Waals surface area (Å²) < 4.78 is 3.45. The van der Waals surface area contributed by atoms with Crippen LogP contribution in [0.1, 0.15) is 11.1 Å². The van der Waals surface area contributed by atoms with Crippen molar-refractivity contribution in [1.29, 1.82) is 0 Å². The van der Waals surface area contributed by atoms with E-state index >= 15 is 0 Å². The lowest BCUT2D eigenvalue weighted by atomic mass is 10.1. The average molecular weight is 352 g/mol. The lowest BCUT2D eigenvalue weighted by molar-refractivity contribution is 1.15. The zero-order valence-electron chi connectivity index (χ0n) is 12.3. The quantitative estimate of drug-likeness (QED) is 0.485. The van der Waals surface area contributed by atoms with Gasteiger partial charge in [-0.2, -0.15) is 0 Å². The normalized spacial score (nSPS) is 11.4. The highest BCUT2D eigenvalue weighted by Crippen LogP contribution is 2.32. The highest BCUT2D eigenvalue weighted by atomic mass is 79.9. The Morgan fingerprint density at radius 3 is 1.86 bits per heavy atom. The van der Waals surface area contributed by atoms with Crippen molar-refractivity contribution < 1.29 is 0 Å². The van der Waals surface area contributed by atoms with E-state index < -0.39 is 0 Å². The number of aryl methyl sites for hydroxylation is 2. The smallest absolute Gasteiger partial charge is 0.0572 e. The van der Waals surface area contributed by atoms with E-state index in [1.807, 2.05) is 24.8 Å². The fourth-order valence-electron chi connectivity index (χ4n) is 3.04. The van der Waals surface area contributed by atoms with Crippen molar-refractivity contribution >= 4 is 37.7 Å². The summed E-state index contributed by atoms with van der Waals surface area (Å²) in [5, 5.41) is 2.26. The number of halogens is 1. The standard InChI is InChI=1S/C18H14BrN3/c1-11-7-13(8-12(2)18(11)19)22-16-3-5-20-9-14(16)15-10-21-6-4-17(15)22/h3-10H,1-2H3. The molecule has 0 saturated heterocycles. The number of hydrogen-bond acceptors (Lipinski definition) is 2. The Labute approximate surface area is 136 Å². The number of benzene rings is 1. The number of fused-ring (bicyclic) bond motifs is 3. The van der Waals surface area contributed by atoms with E-state index in [0.29, 0.717) is 0 Å². The number of rotatable bonds is 1. The van der Waals surface area contributed by atoms with Gasteiger partial charge in [-0.15, -0.1) is 0 Å². The monoisotopic (exact) mass is 351 g/mol. The van der Waals surface area contributed by atoms with Crippen LogP contribution in [0.15, 0.2) is 53.5 Å². The predicted octanol–water partition coefficient (Wildman–Crippen LogP) is 4.95. The molecule has 0 fully saturated rings. The lowest BCUT2D eigenvalue weighted by Crippen LogP contribution is -1.96. The highest BCUT2D eigenvalue weighted by Gasteiger charge is 2.13. The van der Waals surface area contributed by atoms with Gasteiger partial charge in [-0.25, -0.2) is 0 Å². The fourth-order valence-corrected chi connectivity index (χ4v) is 3.27. The molecule has 3 aromatic heterocycles. The molecule has 0 spiro atoms. The van der Waals surface area contributed by atoms with E-state index in [1.165, 1.54) is 15.6 Å². The minimum absolute atomic E-state index is 1.13. The van der Waals surface area contributed by atoms with Crippen molar-refractivity contribution in [3.05, 3.63) is 64.7 Å². The summed E-state index contributed by atoms with van der Waals surface area (Å²) in [6, 6.07) is 8.53. The van der Waals surface area contributed by atoms with E-state index in [0.717, 1.165) is 27.5 Å². The maximum atomic E-state index is 4.27. The van der Waals surface area contributed by atoms with Crippen molar-refractivity contribution in [3.8, 4) is 5.69 Å². The molecule has 0 saturated carbocycles. The molecule has 3 heterocycles. The SMILES string of the molecule is Cc1cc(-n2c3ccncc3c3cnccc32)cc(C)c1Br. The van der Waals surface area contributed by atoms with E-state index in [9.17, 15) is 0 Å². The summed E-state index contributed by atoms with van der Waals surface area (Å²) in [6.45, 7) is 4.25. The molecule has 0 aliphatic carbocycles. The maximum Gasteiger partial charge on any atom is 0.0572 e. The lowest BCUT2D eigenvalue weighted by Gasteiger charge is -2.11. The summed E-state index contributed by atoms with van der Waals surface area (Å²) in [7, 11) is 0. The minimum Gasteiger partial charge on any atom is -0.309 e. The van der Waals surface area contributed by atoms with Gasteiger partial charge in [-0.1, -0.05) is 15.9 Å². The van der Waals surface area contributed by atoms with Crippen molar-refractivity contribution in [2.24, 2.45) is 0 Å².